The second kappa shape index (κ2) is 3.31. The van der Waals surface area contributed by atoms with E-state index in [0.717, 1.165) is 11.3 Å². The van der Waals surface area contributed by atoms with Gasteiger partial charge in [-0.3, -0.25) is 4.68 Å². The van der Waals surface area contributed by atoms with E-state index in [1.165, 1.54) is 0 Å². The van der Waals surface area contributed by atoms with Crippen molar-refractivity contribution in [3.63, 3.8) is 0 Å². The topological polar surface area (TPSA) is 49.2 Å². The minimum atomic E-state index is -0.418. The second-order valence-corrected chi connectivity index (χ2v) is 5.27. The van der Waals surface area contributed by atoms with E-state index in [4.69, 9.17) is 9.31 Å². The zero-order chi connectivity index (χ0) is 12.1. The predicted octanol–water partition coefficient (Wildman–Crippen LogP) is 0.423. The van der Waals surface area contributed by atoms with Crippen molar-refractivity contribution in [1.29, 1.82) is 0 Å². The van der Waals surface area contributed by atoms with E-state index in [9.17, 15) is 0 Å². The molecule has 0 aromatic carbocycles. The molecule has 0 saturated carbocycles. The number of rotatable bonds is 1. The zero-order valence-electron chi connectivity index (χ0n) is 10.7. The Labute approximate surface area is 96.3 Å². The van der Waals surface area contributed by atoms with Crippen LogP contribution in [0.15, 0.2) is 0 Å². The van der Waals surface area contributed by atoms with Crippen molar-refractivity contribution in [3.05, 3.63) is 5.69 Å². The maximum atomic E-state index is 5.91. The van der Waals surface area contributed by atoms with Crippen LogP contribution in [0.3, 0.4) is 0 Å². The van der Waals surface area contributed by atoms with Gasteiger partial charge in [0.15, 0.2) is 0 Å². The molecule has 0 N–H and O–H groups in total. The lowest BCUT2D eigenvalue weighted by Crippen LogP contribution is -2.41. The van der Waals surface area contributed by atoms with Gasteiger partial charge in [-0.15, -0.1) is 5.10 Å². The Bertz CT molecular complexity index is 398. The van der Waals surface area contributed by atoms with Gasteiger partial charge >= 0.3 is 7.12 Å². The number of aromatic nitrogens is 3. The summed E-state index contributed by atoms with van der Waals surface area (Å²) in [6, 6.07) is 0. The minimum Gasteiger partial charge on any atom is -0.398 e. The van der Waals surface area contributed by atoms with Gasteiger partial charge in [-0.25, -0.2) is 0 Å². The molecule has 0 unspecified atom stereocenters. The first kappa shape index (κ1) is 11.6. The Kier molecular flexibility index (Phi) is 2.40. The highest BCUT2D eigenvalue weighted by Crippen LogP contribution is 2.36. The van der Waals surface area contributed by atoms with Crippen LogP contribution in [0.1, 0.15) is 33.4 Å². The van der Waals surface area contributed by atoms with E-state index in [0.29, 0.717) is 0 Å². The molecular weight excluding hydrogens is 205 g/mol. The lowest BCUT2D eigenvalue weighted by atomic mass is 9.83. The minimum absolute atomic E-state index is 0.332. The third-order valence-corrected chi connectivity index (χ3v) is 3.62. The van der Waals surface area contributed by atoms with Gasteiger partial charge in [0.2, 0.25) is 0 Å². The van der Waals surface area contributed by atoms with Crippen LogP contribution in [0.5, 0.6) is 0 Å². The third kappa shape index (κ3) is 1.56. The summed E-state index contributed by atoms with van der Waals surface area (Å²) in [6.45, 7) is 10.1. The Morgan fingerprint density at radius 2 is 1.62 bits per heavy atom. The Morgan fingerprint density at radius 3 is 2.00 bits per heavy atom. The van der Waals surface area contributed by atoms with Gasteiger partial charge in [0.1, 0.15) is 5.59 Å². The highest BCUT2D eigenvalue weighted by molar-refractivity contribution is 6.61. The van der Waals surface area contributed by atoms with Crippen molar-refractivity contribution in [2.24, 2.45) is 7.05 Å². The standard InChI is InChI=1S/C10H18BN3O2/c1-7-8(12-13-14(7)6)11-15-9(2,3)10(4,5)16-11/h1-6H3. The molecule has 88 valence electrons. The largest absolute Gasteiger partial charge is 0.518 e. The summed E-state index contributed by atoms with van der Waals surface area (Å²) in [5.41, 5.74) is 1.07. The maximum Gasteiger partial charge on any atom is 0.518 e. The lowest BCUT2D eigenvalue weighted by Gasteiger charge is -2.32. The fourth-order valence-electron chi connectivity index (χ4n) is 1.59. The van der Waals surface area contributed by atoms with Crippen LogP contribution in [0.25, 0.3) is 0 Å². The summed E-state index contributed by atoms with van der Waals surface area (Å²) in [7, 11) is 1.44. The fraction of sp³-hybridized carbons (Fsp3) is 0.800. The summed E-state index contributed by atoms with van der Waals surface area (Å²) in [4.78, 5) is 0. The maximum absolute atomic E-state index is 5.91. The molecule has 1 saturated heterocycles. The number of aryl methyl sites for hydroxylation is 1. The molecular formula is C10H18BN3O2. The van der Waals surface area contributed by atoms with Gasteiger partial charge < -0.3 is 9.31 Å². The third-order valence-electron chi connectivity index (χ3n) is 3.62. The molecule has 0 radical (unpaired) electrons. The highest BCUT2D eigenvalue weighted by atomic mass is 16.7. The number of nitrogens with zero attached hydrogens (tertiary/aromatic N) is 3. The first-order valence-electron chi connectivity index (χ1n) is 5.46. The molecule has 0 aliphatic carbocycles. The Morgan fingerprint density at radius 1 is 1.12 bits per heavy atom. The summed E-state index contributed by atoms with van der Waals surface area (Å²) in [5, 5.41) is 8.05. The average Bonchev–Trinajstić information content (AvgIpc) is 2.54. The van der Waals surface area contributed by atoms with Gasteiger partial charge in [-0.1, -0.05) is 5.21 Å². The van der Waals surface area contributed by atoms with Gasteiger partial charge in [-0.05, 0) is 34.6 Å². The van der Waals surface area contributed by atoms with Crippen molar-refractivity contribution >= 4 is 12.7 Å². The van der Waals surface area contributed by atoms with Gasteiger partial charge in [0, 0.05) is 7.05 Å². The summed E-state index contributed by atoms with van der Waals surface area (Å²) in [5.74, 6) is 0. The Hall–Kier alpha value is -0.875. The Balaban J connectivity index is 2.30. The van der Waals surface area contributed by atoms with Gasteiger partial charge in [0.05, 0.1) is 16.9 Å². The summed E-state index contributed by atoms with van der Waals surface area (Å²) < 4.78 is 13.5. The molecule has 6 heteroatoms. The monoisotopic (exact) mass is 223 g/mol. The molecule has 0 bridgehead atoms. The molecule has 5 nitrogen and oxygen atoms in total. The first-order chi connectivity index (χ1) is 7.24. The van der Waals surface area contributed by atoms with Crippen LogP contribution in [-0.2, 0) is 16.4 Å². The quantitative estimate of drug-likeness (QED) is 0.647. The molecule has 16 heavy (non-hydrogen) atoms. The lowest BCUT2D eigenvalue weighted by molar-refractivity contribution is 0.00578. The second-order valence-electron chi connectivity index (χ2n) is 5.27. The molecule has 1 aliphatic rings. The first-order valence-corrected chi connectivity index (χ1v) is 5.46. The van der Waals surface area contributed by atoms with E-state index >= 15 is 0 Å². The van der Waals surface area contributed by atoms with E-state index in [1.807, 2.05) is 41.7 Å². The van der Waals surface area contributed by atoms with Crippen LogP contribution in [-0.4, -0.2) is 33.3 Å². The normalized spacial score (nSPS) is 22.8. The molecule has 2 heterocycles. The summed E-state index contributed by atoms with van der Waals surface area (Å²) >= 11 is 0. The van der Waals surface area contributed by atoms with Gasteiger partial charge in [-0.2, -0.15) is 0 Å². The van der Waals surface area contributed by atoms with Crippen LogP contribution in [0.4, 0.5) is 0 Å². The van der Waals surface area contributed by atoms with Crippen LogP contribution in [0.2, 0.25) is 0 Å². The van der Waals surface area contributed by atoms with E-state index < -0.39 is 7.12 Å². The molecule has 1 fully saturated rings. The molecule has 1 aromatic heterocycles. The molecule has 0 atom stereocenters. The molecule has 1 aliphatic heterocycles. The van der Waals surface area contributed by atoms with Crippen LogP contribution >= 0.6 is 0 Å². The predicted molar refractivity (Wildman–Crippen MR) is 61.5 cm³/mol. The average molecular weight is 223 g/mol. The highest BCUT2D eigenvalue weighted by Gasteiger charge is 2.53. The van der Waals surface area contributed by atoms with Crippen molar-refractivity contribution < 1.29 is 9.31 Å². The van der Waals surface area contributed by atoms with Crippen molar-refractivity contribution in [1.82, 2.24) is 15.0 Å². The van der Waals surface area contributed by atoms with Gasteiger partial charge in [0.25, 0.3) is 0 Å². The number of hydrogen-bond donors (Lipinski definition) is 0. The van der Waals surface area contributed by atoms with Crippen molar-refractivity contribution in [2.75, 3.05) is 0 Å². The fourth-order valence-corrected chi connectivity index (χ4v) is 1.59. The molecule has 2 rings (SSSR count). The van der Waals surface area contributed by atoms with Crippen molar-refractivity contribution in [2.45, 2.75) is 45.8 Å². The van der Waals surface area contributed by atoms with Crippen LogP contribution in [0, 0.1) is 6.92 Å². The molecule has 1 aromatic rings. The van der Waals surface area contributed by atoms with E-state index in [2.05, 4.69) is 10.3 Å². The van der Waals surface area contributed by atoms with E-state index in [1.54, 1.807) is 4.68 Å². The smallest absolute Gasteiger partial charge is 0.398 e. The SMILES string of the molecule is Cc1c(B2OC(C)(C)C(C)(C)O2)nnn1C. The number of hydrogen-bond acceptors (Lipinski definition) is 4. The van der Waals surface area contributed by atoms with Crippen molar-refractivity contribution in [3.8, 4) is 0 Å². The summed E-state index contributed by atoms with van der Waals surface area (Å²) in [6.07, 6.45) is 0. The van der Waals surface area contributed by atoms with E-state index in [-0.39, 0.29) is 11.2 Å². The zero-order valence-corrected chi connectivity index (χ0v) is 10.7. The molecule has 0 spiro atoms. The molecule has 0 amide bonds. The van der Waals surface area contributed by atoms with Crippen LogP contribution < -0.4 is 5.59 Å².